The van der Waals surface area contributed by atoms with Gasteiger partial charge in [0.2, 0.25) is 0 Å². The van der Waals surface area contributed by atoms with Gasteiger partial charge in [-0.1, -0.05) is 30.3 Å². The summed E-state index contributed by atoms with van der Waals surface area (Å²) >= 11 is 0. The summed E-state index contributed by atoms with van der Waals surface area (Å²) in [6.45, 7) is 5.79. The van der Waals surface area contributed by atoms with Gasteiger partial charge in [0, 0.05) is 31.7 Å². The van der Waals surface area contributed by atoms with Gasteiger partial charge in [0.15, 0.2) is 5.65 Å². The molecule has 4 rings (SSSR count). The lowest BCUT2D eigenvalue weighted by molar-refractivity contribution is 0.468. The first-order valence-corrected chi connectivity index (χ1v) is 7.56. The summed E-state index contributed by atoms with van der Waals surface area (Å²) in [5, 5.41) is 11.5. The van der Waals surface area contributed by atoms with Gasteiger partial charge >= 0.3 is 0 Å². The van der Waals surface area contributed by atoms with E-state index in [4.69, 9.17) is 5.10 Å². The second-order valence-corrected chi connectivity index (χ2v) is 5.47. The lowest BCUT2D eigenvalue weighted by atomic mass is 10.1. The zero-order valence-corrected chi connectivity index (χ0v) is 12.5. The molecule has 0 aliphatic carbocycles. The highest BCUT2D eigenvalue weighted by atomic mass is 15.7. The highest BCUT2D eigenvalue weighted by Gasteiger charge is 2.20. The van der Waals surface area contributed by atoms with Crippen LogP contribution >= 0.6 is 0 Å². The summed E-state index contributed by atoms with van der Waals surface area (Å²) in [6.07, 6.45) is 1.62. The van der Waals surface area contributed by atoms with Crippen molar-refractivity contribution < 1.29 is 0 Å². The fourth-order valence-electron chi connectivity index (χ4n) is 2.92. The quantitative estimate of drug-likeness (QED) is 0.773. The number of piperazine rings is 1. The predicted molar refractivity (Wildman–Crippen MR) is 86.3 cm³/mol. The van der Waals surface area contributed by atoms with E-state index in [-0.39, 0.29) is 0 Å². The Labute approximate surface area is 128 Å². The van der Waals surface area contributed by atoms with Crippen LogP contribution in [0.25, 0.3) is 22.3 Å². The first kappa shape index (κ1) is 13.2. The van der Waals surface area contributed by atoms with E-state index in [9.17, 15) is 0 Å². The molecule has 6 nitrogen and oxygen atoms in total. The molecule has 1 fully saturated rings. The maximum Gasteiger partial charge on any atom is 0.184 e. The number of fused-ring (bicyclic) bond motifs is 1. The Morgan fingerprint density at radius 3 is 2.59 bits per heavy atom. The number of nitrogens with zero attached hydrogens (tertiary/aromatic N) is 5. The lowest BCUT2D eigenvalue weighted by Crippen LogP contribution is -2.49. The van der Waals surface area contributed by atoms with Crippen LogP contribution in [0.2, 0.25) is 0 Å². The third-order valence-electron chi connectivity index (χ3n) is 4.05. The standard InChI is InChI=1S/C16H18N6/c1-12-14-15(13-5-3-2-4-6-13)20-22(16(14)19-11-18-12)21-9-7-17-8-10-21/h2-6,11,17H,7-10H2,1H3. The van der Waals surface area contributed by atoms with Crippen LogP contribution in [-0.4, -0.2) is 46.0 Å². The Bertz CT molecular complexity index is 789. The van der Waals surface area contributed by atoms with Crippen LogP contribution in [0, 0.1) is 6.92 Å². The fraction of sp³-hybridized carbons (Fsp3) is 0.312. The molecule has 1 aliphatic rings. The van der Waals surface area contributed by atoms with E-state index in [0.717, 1.165) is 54.2 Å². The number of aromatic nitrogens is 4. The number of rotatable bonds is 2. The van der Waals surface area contributed by atoms with Gasteiger partial charge < -0.3 is 5.32 Å². The van der Waals surface area contributed by atoms with Gasteiger partial charge in [-0.05, 0) is 6.92 Å². The van der Waals surface area contributed by atoms with Gasteiger partial charge in [-0.25, -0.2) is 9.97 Å². The van der Waals surface area contributed by atoms with Crippen molar-refractivity contribution in [3.63, 3.8) is 0 Å². The molecule has 0 unspecified atom stereocenters. The molecule has 1 N–H and O–H groups in total. The van der Waals surface area contributed by atoms with Crippen molar-refractivity contribution in [1.29, 1.82) is 0 Å². The topological polar surface area (TPSA) is 58.9 Å². The van der Waals surface area contributed by atoms with Gasteiger partial charge in [0.1, 0.15) is 12.0 Å². The van der Waals surface area contributed by atoms with Crippen LogP contribution in [0.3, 0.4) is 0 Å². The van der Waals surface area contributed by atoms with Crippen LogP contribution in [0.15, 0.2) is 36.7 Å². The van der Waals surface area contributed by atoms with E-state index in [2.05, 4.69) is 32.4 Å². The second kappa shape index (κ2) is 5.38. The number of benzene rings is 1. The number of nitrogens with one attached hydrogen (secondary N) is 1. The average Bonchev–Trinajstić information content (AvgIpc) is 2.98. The zero-order chi connectivity index (χ0) is 14.9. The number of aryl methyl sites for hydroxylation is 1. The van der Waals surface area contributed by atoms with Crippen LogP contribution < -0.4 is 10.3 Å². The number of hydrogen-bond donors (Lipinski definition) is 1. The van der Waals surface area contributed by atoms with Crippen molar-refractivity contribution in [2.45, 2.75) is 6.92 Å². The van der Waals surface area contributed by atoms with Gasteiger partial charge in [0.05, 0.1) is 11.1 Å². The van der Waals surface area contributed by atoms with Crippen molar-refractivity contribution in [1.82, 2.24) is 25.2 Å². The summed E-state index contributed by atoms with van der Waals surface area (Å²) in [4.78, 5) is 10.8. The first-order chi connectivity index (χ1) is 10.8. The Morgan fingerprint density at radius 1 is 1.05 bits per heavy atom. The zero-order valence-electron chi connectivity index (χ0n) is 12.5. The maximum atomic E-state index is 4.86. The van der Waals surface area contributed by atoms with Crippen LogP contribution in [0.4, 0.5) is 0 Å². The molecular weight excluding hydrogens is 276 g/mol. The summed E-state index contributed by atoms with van der Waals surface area (Å²) in [6, 6.07) is 10.2. The van der Waals surface area contributed by atoms with E-state index in [0.29, 0.717) is 0 Å². The van der Waals surface area contributed by atoms with Gasteiger partial charge in [-0.2, -0.15) is 4.79 Å². The molecule has 0 radical (unpaired) electrons. The molecule has 22 heavy (non-hydrogen) atoms. The van der Waals surface area contributed by atoms with Crippen molar-refractivity contribution >= 4 is 11.0 Å². The van der Waals surface area contributed by atoms with Crippen LogP contribution in [0.1, 0.15) is 5.69 Å². The third-order valence-corrected chi connectivity index (χ3v) is 4.05. The van der Waals surface area contributed by atoms with Gasteiger partial charge in [-0.3, -0.25) is 5.01 Å². The molecule has 0 spiro atoms. The molecule has 0 amide bonds. The van der Waals surface area contributed by atoms with Crippen LogP contribution in [-0.2, 0) is 0 Å². The summed E-state index contributed by atoms with van der Waals surface area (Å²) < 4.78 is 0. The van der Waals surface area contributed by atoms with Crippen molar-refractivity contribution in [3.05, 3.63) is 42.4 Å². The highest BCUT2D eigenvalue weighted by Crippen LogP contribution is 2.28. The molecule has 1 aromatic carbocycles. The van der Waals surface area contributed by atoms with Crippen LogP contribution in [0.5, 0.6) is 0 Å². The van der Waals surface area contributed by atoms with E-state index in [1.807, 2.05) is 29.9 Å². The molecule has 3 heterocycles. The van der Waals surface area contributed by atoms with Crippen molar-refractivity contribution in [2.24, 2.45) is 0 Å². The maximum absolute atomic E-state index is 4.86. The Balaban J connectivity index is 1.93. The second-order valence-electron chi connectivity index (χ2n) is 5.47. The average molecular weight is 294 g/mol. The van der Waals surface area contributed by atoms with Crippen molar-refractivity contribution in [3.8, 4) is 11.3 Å². The molecule has 6 heteroatoms. The highest BCUT2D eigenvalue weighted by molar-refractivity contribution is 5.92. The molecule has 2 aromatic heterocycles. The fourth-order valence-corrected chi connectivity index (χ4v) is 2.92. The summed E-state index contributed by atoms with van der Waals surface area (Å²) in [5.74, 6) is 0. The lowest BCUT2D eigenvalue weighted by Gasteiger charge is -2.28. The molecular formula is C16H18N6. The minimum Gasteiger partial charge on any atom is -0.313 e. The molecule has 1 saturated heterocycles. The Hall–Kier alpha value is -2.47. The van der Waals surface area contributed by atoms with Gasteiger partial charge in [0.25, 0.3) is 0 Å². The van der Waals surface area contributed by atoms with Gasteiger partial charge in [-0.15, -0.1) is 5.10 Å². The molecule has 0 atom stereocenters. The van der Waals surface area contributed by atoms with Crippen molar-refractivity contribution in [2.75, 3.05) is 31.2 Å². The third kappa shape index (κ3) is 2.12. The normalized spacial score (nSPS) is 15.4. The monoisotopic (exact) mass is 294 g/mol. The smallest absolute Gasteiger partial charge is 0.184 e. The summed E-state index contributed by atoms with van der Waals surface area (Å²) in [5.41, 5.74) is 3.89. The van der Waals surface area contributed by atoms with E-state index >= 15 is 0 Å². The predicted octanol–water partition coefficient (Wildman–Crippen LogP) is 1.34. The van der Waals surface area contributed by atoms with E-state index in [1.54, 1.807) is 6.33 Å². The molecule has 0 saturated carbocycles. The first-order valence-electron chi connectivity index (χ1n) is 7.56. The molecule has 3 aromatic rings. The minimum absolute atomic E-state index is 0.883. The molecule has 112 valence electrons. The largest absolute Gasteiger partial charge is 0.313 e. The molecule has 1 aliphatic heterocycles. The summed E-state index contributed by atoms with van der Waals surface area (Å²) in [7, 11) is 0. The SMILES string of the molecule is Cc1ncnc2c1c(-c1ccccc1)nn2N1CCNCC1. The number of hydrogen-bond acceptors (Lipinski definition) is 5. The Kier molecular flexibility index (Phi) is 3.23. The van der Waals surface area contributed by atoms with E-state index in [1.165, 1.54) is 0 Å². The Morgan fingerprint density at radius 2 is 1.82 bits per heavy atom. The molecule has 0 bridgehead atoms. The van der Waals surface area contributed by atoms with E-state index < -0.39 is 0 Å². The minimum atomic E-state index is 0.883.